The summed E-state index contributed by atoms with van der Waals surface area (Å²) in [6.45, 7) is 0. The van der Waals surface area contributed by atoms with E-state index in [1.165, 1.54) is 0 Å². The molecule has 0 unspecified atom stereocenters. The van der Waals surface area contributed by atoms with Crippen molar-refractivity contribution in [3.8, 4) is 5.69 Å². The number of fused-ring (bicyclic) bond motifs is 1. The smallest absolute Gasteiger partial charge is 0.256 e. The summed E-state index contributed by atoms with van der Waals surface area (Å²) in [7, 11) is 0. The van der Waals surface area contributed by atoms with Crippen molar-refractivity contribution in [2.24, 2.45) is 0 Å². The van der Waals surface area contributed by atoms with Gasteiger partial charge in [-0.25, -0.2) is 0 Å². The SMILES string of the molecule is O=C(Nc1ccc2nn(-c3ccc(Cl)cc3)nc2c1)c1ccccc1I. The molecular formula is C19H12ClIN4O. The quantitative estimate of drug-likeness (QED) is 0.428. The van der Waals surface area contributed by atoms with Gasteiger partial charge in [-0.2, -0.15) is 4.80 Å². The van der Waals surface area contributed by atoms with Crippen molar-refractivity contribution in [2.45, 2.75) is 0 Å². The van der Waals surface area contributed by atoms with Crippen LogP contribution in [0.15, 0.2) is 66.7 Å². The van der Waals surface area contributed by atoms with Gasteiger partial charge in [0.1, 0.15) is 11.0 Å². The predicted molar refractivity (Wildman–Crippen MR) is 111 cm³/mol. The van der Waals surface area contributed by atoms with Crippen molar-refractivity contribution in [1.82, 2.24) is 15.0 Å². The summed E-state index contributed by atoms with van der Waals surface area (Å²) in [4.78, 5) is 14.0. The van der Waals surface area contributed by atoms with Crippen molar-refractivity contribution in [3.05, 3.63) is 80.9 Å². The molecule has 0 aliphatic carbocycles. The highest BCUT2D eigenvalue weighted by atomic mass is 127. The van der Waals surface area contributed by atoms with Gasteiger partial charge in [0.25, 0.3) is 5.91 Å². The lowest BCUT2D eigenvalue weighted by molar-refractivity contribution is 0.102. The standard InChI is InChI=1S/C19H12ClIN4O/c20-12-5-8-14(9-6-12)25-23-17-10-7-13(11-18(17)24-25)22-19(26)15-3-1-2-4-16(15)21/h1-11H,(H,22,26). The van der Waals surface area contributed by atoms with E-state index in [-0.39, 0.29) is 5.91 Å². The third-order valence-corrected chi connectivity index (χ3v) is 5.01. The number of hydrogen-bond acceptors (Lipinski definition) is 3. The van der Waals surface area contributed by atoms with Gasteiger partial charge in [-0.3, -0.25) is 4.79 Å². The number of rotatable bonds is 3. The Morgan fingerprint density at radius 2 is 1.69 bits per heavy atom. The van der Waals surface area contributed by atoms with Gasteiger partial charge in [-0.1, -0.05) is 23.7 Å². The predicted octanol–water partition coefficient (Wildman–Crippen LogP) is 4.93. The Morgan fingerprint density at radius 1 is 0.962 bits per heavy atom. The highest BCUT2D eigenvalue weighted by Gasteiger charge is 2.11. The van der Waals surface area contributed by atoms with Gasteiger partial charge in [-0.05, 0) is 77.2 Å². The van der Waals surface area contributed by atoms with Crippen LogP contribution in [0, 0.1) is 3.57 Å². The molecule has 4 rings (SSSR count). The molecule has 1 N–H and O–H groups in total. The van der Waals surface area contributed by atoms with Gasteiger partial charge in [0.2, 0.25) is 0 Å². The first-order valence-corrected chi connectivity index (χ1v) is 9.25. The molecule has 128 valence electrons. The molecule has 1 heterocycles. The zero-order valence-corrected chi connectivity index (χ0v) is 16.3. The van der Waals surface area contributed by atoms with Crippen LogP contribution in [0.25, 0.3) is 16.7 Å². The topological polar surface area (TPSA) is 59.8 Å². The van der Waals surface area contributed by atoms with Gasteiger partial charge in [-0.15, -0.1) is 10.2 Å². The summed E-state index contributed by atoms with van der Waals surface area (Å²) < 4.78 is 0.900. The molecule has 4 aromatic rings. The minimum atomic E-state index is -0.153. The molecule has 1 aromatic heterocycles. The molecule has 0 atom stereocenters. The fraction of sp³-hybridized carbons (Fsp3) is 0. The fourth-order valence-corrected chi connectivity index (χ4v) is 3.28. The first-order valence-electron chi connectivity index (χ1n) is 7.79. The summed E-state index contributed by atoms with van der Waals surface area (Å²) in [5.41, 5.74) is 3.56. The van der Waals surface area contributed by atoms with Crippen LogP contribution in [0.2, 0.25) is 5.02 Å². The summed E-state index contributed by atoms with van der Waals surface area (Å²) in [6, 6.07) is 20.2. The maximum atomic E-state index is 12.5. The number of nitrogens with zero attached hydrogens (tertiary/aromatic N) is 3. The van der Waals surface area contributed by atoms with E-state index in [9.17, 15) is 4.79 Å². The van der Waals surface area contributed by atoms with Crippen LogP contribution < -0.4 is 5.32 Å². The van der Waals surface area contributed by atoms with Crippen LogP contribution in [0.3, 0.4) is 0 Å². The number of amides is 1. The van der Waals surface area contributed by atoms with Crippen LogP contribution in [0.4, 0.5) is 5.69 Å². The van der Waals surface area contributed by atoms with Crippen molar-refractivity contribution >= 4 is 56.8 Å². The molecule has 0 radical (unpaired) electrons. The number of aromatic nitrogens is 3. The molecule has 26 heavy (non-hydrogen) atoms. The van der Waals surface area contributed by atoms with E-state index < -0.39 is 0 Å². The second-order valence-electron chi connectivity index (χ2n) is 5.60. The van der Waals surface area contributed by atoms with E-state index in [2.05, 4.69) is 38.1 Å². The Bertz CT molecular complexity index is 1110. The lowest BCUT2D eigenvalue weighted by Gasteiger charge is -2.06. The number of halogens is 2. The third kappa shape index (κ3) is 3.42. The van der Waals surface area contributed by atoms with E-state index in [0.29, 0.717) is 21.8 Å². The summed E-state index contributed by atoms with van der Waals surface area (Å²) in [5.74, 6) is -0.153. The molecule has 5 nitrogen and oxygen atoms in total. The summed E-state index contributed by atoms with van der Waals surface area (Å²) in [5, 5.41) is 12.5. The lowest BCUT2D eigenvalue weighted by Crippen LogP contribution is -2.13. The zero-order chi connectivity index (χ0) is 18.1. The van der Waals surface area contributed by atoms with Gasteiger partial charge in [0, 0.05) is 14.3 Å². The maximum absolute atomic E-state index is 12.5. The zero-order valence-electron chi connectivity index (χ0n) is 13.4. The molecule has 0 bridgehead atoms. The third-order valence-electron chi connectivity index (χ3n) is 3.81. The number of carbonyl (C=O) groups excluding carboxylic acids is 1. The van der Waals surface area contributed by atoms with E-state index in [1.807, 2.05) is 48.5 Å². The lowest BCUT2D eigenvalue weighted by atomic mass is 10.2. The minimum Gasteiger partial charge on any atom is -0.322 e. The van der Waals surface area contributed by atoms with Crippen LogP contribution in [0.1, 0.15) is 10.4 Å². The molecule has 0 fully saturated rings. The summed E-state index contributed by atoms with van der Waals surface area (Å²) in [6.07, 6.45) is 0. The molecule has 0 aliphatic rings. The Hall–Kier alpha value is -2.45. The van der Waals surface area contributed by atoms with Crippen LogP contribution in [0.5, 0.6) is 0 Å². The van der Waals surface area contributed by atoms with Crippen LogP contribution >= 0.6 is 34.2 Å². The summed E-state index contributed by atoms with van der Waals surface area (Å²) >= 11 is 8.07. The molecule has 7 heteroatoms. The van der Waals surface area contributed by atoms with E-state index in [4.69, 9.17) is 11.6 Å². The molecule has 0 saturated carbocycles. The molecular weight excluding hydrogens is 463 g/mol. The van der Waals surface area contributed by atoms with Crippen molar-refractivity contribution in [3.63, 3.8) is 0 Å². The maximum Gasteiger partial charge on any atom is 0.256 e. The van der Waals surface area contributed by atoms with Crippen molar-refractivity contribution in [2.75, 3.05) is 5.32 Å². The monoisotopic (exact) mass is 474 g/mol. The molecule has 1 amide bonds. The Labute approximate surface area is 168 Å². The second kappa shape index (κ2) is 7.05. The van der Waals surface area contributed by atoms with E-state index >= 15 is 0 Å². The van der Waals surface area contributed by atoms with Gasteiger partial charge < -0.3 is 5.32 Å². The number of hydrogen-bond donors (Lipinski definition) is 1. The number of nitrogens with one attached hydrogen (secondary N) is 1. The van der Waals surface area contributed by atoms with Gasteiger partial charge in [0.15, 0.2) is 0 Å². The van der Waals surface area contributed by atoms with Crippen molar-refractivity contribution < 1.29 is 4.79 Å². The normalized spacial score (nSPS) is 10.8. The van der Waals surface area contributed by atoms with Gasteiger partial charge in [0.05, 0.1) is 11.3 Å². The fourth-order valence-electron chi connectivity index (χ4n) is 2.53. The number of benzene rings is 3. The minimum absolute atomic E-state index is 0.153. The second-order valence-corrected chi connectivity index (χ2v) is 7.20. The molecule has 0 aliphatic heterocycles. The number of anilines is 1. The molecule has 3 aromatic carbocycles. The first-order chi connectivity index (χ1) is 12.6. The average molecular weight is 475 g/mol. The van der Waals surface area contributed by atoms with Gasteiger partial charge >= 0.3 is 0 Å². The Balaban J connectivity index is 1.62. The first kappa shape index (κ1) is 17.0. The Morgan fingerprint density at radius 3 is 2.46 bits per heavy atom. The van der Waals surface area contributed by atoms with E-state index in [0.717, 1.165) is 14.8 Å². The van der Waals surface area contributed by atoms with E-state index in [1.54, 1.807) is 23.0 Å². The Kier molecular flexibility index (Phi) is 4.60. The highest BCUT2D eigenvalue weighted by molar-refractivity contribution is 14.1. The van der Waals surface area contributed by atoms with Crippen molar-refractivity contribution in [1.29, 1.82) is 0 Å². The molecule has 0 spiro atoms. The average Bonchev–Trinajstić information content (AvgIpc) is 3.06. The highest BCUT2D eigenvalue weighted by Crippen LogP contribution is 2.20. The van der Waals surface area contributed by atoms with Crippen LogP contribution in [-0.2, 0) is 0 Å². The van der Waals surface area contributed by atoms with Crippen LogP contribution in [-0.4, -0.2) is 20.9 Å². The largest absolute Gasteiger partial charge is 0.322 e. The number of carbonyl (C=O) groups is 1. The molecule has 0 saturated heterocycles.